The molecule has 0 unspecified atom stereocenters. The maximum absolute atomic E-state index is 4.19. The molecular weight excluding hydrogens is 165 g/mol. The van der Waals surface area contributed by atoms with Crippen LogP contribution in [0.2, 0.25) is 26.2 Å². The van der Waals surface area contributed by atoms with Crippen molar-refractivity contribution in [2.24, 2.45) is 0 Å². The van der Waals surface area contributed by atoms with Gasteiger partial charge in [-0.05, 0) is 15.3 Å². The van der Waals surface area contributed by atoms with Gasteiger partial charge in [-0.1, -0.05) is 26.2 Å². The fraction of sp³-hybridized carbons (Fsp3) is 0.833. The van der Waals surface area contributed by atoms with Gasteiger partial charge in [0.1, 0.15) is 0 Å². The van der Waals surface area contributed by atoms with Crippen LogP contribution in [0.25, 0.3) is 0 Å². The molecule has 10 heavy (non-hydrogen) atoms. The average Bonchev–Trinajstić information content (AvgIpc) is 1.62. The largest absolute Gasteiger partial charge is 1.00 e. The molecule has 0 atom stereocenters. The molecule has 0 aliphatic heterocycles. The van der Waals surface area contributed by atoms with Crippen LogP contribution in [0.3, 0.4) is 0 Å². The van der Waals surface area contributed by atoms with Crippen molar-refractivity contribution in [2.45, 2.75) is 26.2 Å². The smallest absolute Gasteiger partial charge is 0.376 e. The first-order valence-electron chi connectivity index (χ1n) is 3.44. The Morgan fingerprint density at radius 1 is 1.30 bits per heavy atom. The topological polar surface area (TPSA) is 3.24 Å². The molecule has 0 heterocycles. The first kappa shape index (κ1) is 13.9. The third kappa shape index (κ3) is 5.10. The van der Waals surface area contributed by atoms with Crippen molar-refractivity contribution in [2.75, 3.05) is 7.05 Å². The van der Waals surface area contributed by atoms with Gasteiger partial charge in [-0.3, -0.25) is 0 Å². The van der Waals surface area contributed by atoms with Crippen LogP contribution in [0.15, 0.2) is 0 Å². The molecule has 0 saturated carbocycles. The van der Waals surface area contributed by atoms with E-state index in [0.717, 1.165) is 0 Å². The maximum atomic E-state index is 4.19. The summed E-state index contributed by atoms with van der Waals surface area (Å²) in [5.41, 5.74) is 0. The van der Waals surface area contributed by atoms with Gasteiger partial charge in [0, 0.05) is 0 Å². The Labute approximate surface area is 90.3 Å². The van der Waals surface area contributed by atoms with Gasteiger partial charge in [0.05, 0.1) is 8.96 Å². The van der Waals surface area contributed by atoms with Gasteiger partial charge in [0.2, 0.25) is 0 Å². The summed E-state index contributed by atoms with van der Waals surface area (Å²) in [5.74, 6) is 0. The zero-order valence-corrected chi connectivity index (χ0v) is 12.4. The van der Waals surface area contributed by atoms with Crippen LogP contribution in [-0.4, -0.2) is 28.5 Å². The zero-order chi connectivity index (χ0) is 7.65. The summed E-state index contributed by atoms with van der Waals surface area (Å²) in [6, 6.07) is 0. The summed E-state index contributed by atoms with van der Waals surface area (Å²) in [6.07, 6.45) is 0. The van der Waals surface area contributed by atoms with Crippen LogP contribution < -0.4 is 29.6 Å². The van der Waals surface area contributed by atoms with E-state index in [-0.39, 0.29) is 29.6 Å². The second kappa shape index (κ2) is 5.11. The summed E-state index contributed by atoms with van der Waals surface area (Å²) in [4.78, 5) is 0. The van der Waals surface area contributed by atoms with Crippen LogP contribution in [-0.2, 0) is 0 Å². The monoisotopic (exact) mass is 183 g/mol. The summed E-state index contributed by atoms with van der Waals surface area (Å²) in [7, 11) is 0.483. The summed E-state index contributed by atoms with van der Waals surface area (Å²) in [6.45, 7) is 13.5. The van der Waals surface area contributed by atoms with Gasteiger partial charge in [0.15, 0.2) is 0 Å². The minimum atomic E-state index is -1.18. The molecule has 0 aliphatic carbocycles. The van der Waals surface area contributed by atoms with Crippen molar-refractivity contribution < 1.29 is 29.6 Å². The second-order valence-electron chi connectivity index (χ2n) is 3.52. The third-order valence-electron chi connectivity index (χ3n) is 1.73. The van der Waals surface area contributed by atoms with Crippen molar-refractivity contribution >= 4 is 17.2 Å². The van der Waals surface area contributed by atoms with Crippen LogP contribution in [0.1, 0.15) is 0 Å². The minimum absolute atomic E-state index is 0. The van der Waals surface area contributed by atoms with E-state index >= 15 is 0 Å². The van der Waals surface area contributed by atoms with Gasteiger partial charge < -0.3 is 10.8 Å². The molecule has 0 aromatic heterocycles. The van der Waals surface area contributed by atoms with E-state index in [4.69, 9.17) is 0 Å². The minimum Gasteiger partial charge on any atom is -0.376 e. The molecule has 0 fully saturated rings. The van der Waals surface area contributed by atoms with Crippen molar-refractivity contribution in [3.05, 3.63) is 6.55 Å². The Hall–Kier alpha value is 1.39. The normalized spacial score (nSPS) is 12.0. The molecule has 0 bridgehead atoms. The van der Waals surface area contributed by atoms with E-state index in [1.807, 2.05) is 0 Å². The van der Waals surface area contributed by atoms with Crippen LogP contribution in [0.5, 0.6) is 0 Å². The number of rotatable bonds is 2. The van der Waals surface area contributed by atoms with Gasteiger partial charge in [-0.25, -0.2) is 0 Å². The van der Waals surface area contributed by atoms with E-state index in [9.17, 15) is 0 Å². The quantitative estimate of drug-likeness (QED) is 0.371. The average molecular weight is 183 g/mol. The fourth-order valence-corrected chi connectivity index (χ4v) is 6.29. The first-order chi connectivity index (χ1) is 3.85. The van der Waals surface area contributed by atoms with Crippen LogP contribution >= 0.6 is 0 Å². The third-order valence-corrected chi connectivity index (χ3v) is 8.83. The standard InChI is InChI=1S/C6H18NSi2.Na/c1-7(8(2)3)9(4,5)6;/h8H,4H2,1-3,5-6H3;/q-1;+1. The molecule has 4 heteroatoms. The van der Waals surface area contributed by atoms with E-state index in [1.165, 1.54) is 0 Å². The summed E-state index contributed by atoms with van der Waals surface area (Å²) in [5, 5.41) is 0. The van der Waals surface area contributed by atoms with Crippen molar-refractivity contribution in [3.63, 3.8) is 0 Å². The second-order valence-corrected chi connectivity index (χ2v) is 11.3. The summed E-state index contributed by atoms with van der Waals surface area (Å²) < 4.78 is 2.52. The Kier molecular flexibility index (Phi) is 7.13. The molecule has 56 valence electrons. The predicted molar refractivity (Wildman–Crippen MR) is 49.5 cm³/mol. The van der Waals surface area contributed by atoms with Crippen molar-refractivity contribution in [1.29, 1.82) is 0 Å². The van der Waals surface area contributed by atoms with Crippen molar-refractivity contribution in [1.82, 2.24) is 4.23 Å². The summed E-state index contributed by atoms with van der Waals surface area (Å²) >= 11 is 0. The maximum Gasteiger partial charge on any atom is 1.00 e. The first-order valence-corrected chi connectivity index (χ1v) is 9.42. The molecule has 0 rings (SSSR count). The number of hydrogen-bond acceptors (Lipinski definition) is 1. The van der Waals surface area contributed by atoms with E-state index in [2.05, 4.69) is 44.0 Å². The SMILES string of the molecule is [CH2-][Si](C)(C)N(C)[SiH](C)C.[Na+]. The van der Waals surface area contributed by atoms with Gasteiger partial charge >= 0.3 is 29.6 Å². The zero-order valence-electron chi connectivity index (χ0n) is 8.23. The Balaban J connectivity index is 0. The number of nitrogens with zero attached hydrogens (tertiary/aromatic N) is 1. The van der Waals surface area contributed by atoms with E-state index in [0.29, 0.717) is 0 Å². The van der Waals surface area contributed by atoms with Crippen LogP contribution in [0, 0.1) is 6.55 Å². The molecule has 0 amide bonds. The molecule has 0 spiro atoms. The van der Waals surface area contributed by atoms with Crippen LogP contribution in [0.4, 0.5) is 0 Å². The van der Waals surface area contributed by atoms with Gasteiger partial charge in [-0.15, -0.1) is 0 Å². The Morgan fingerprint density at radius 2 is 1.60 bits per heavy atom. The molecule has 0 saturated heterocycles. The molecule has 1 nitrogen and oxygen atoms in total. The van der Waals surface area contributed by atoms with E-state index < -0.39 is 17.2 Å². The molecule has 0 radical (unpaired) electrons. The fourth-order valence-electron chi connectivity index (χ4n) is 0.699. The molecule has 0 aromatic carbocycles. The molecular formula is C6H18NNaSi2. The number of hydrogen-bond donors (Lipinski definition) is 0. The Bertz CT molecular complexity index is 90.2. The van der Waals surface area contributed by atoms with Gasteiger partial charge in [0.25, 0.3) is 0 Å². The predicted octanol–water partition coefficient (Wildman–Crippen LogP) is -1.52. The molecule has 0 N–H and O–H groups in total. The molecule has 0 aromatic rings. The van der Waals surface area contributed by atoms with E-state index in [1.54, 1.807) is 0 Å². The molecule has 0 aliphatic rings. The Morgan fingerprint density at radius 3 is 1.60 bits per heavy atom. The van der Waals surface area contributed by atoms with Gasteiger partial charge in [-0.2, -0.15) is 0 Å². The van der Waals surface area contributed by atoms with Crippen molar-refractivity contribution in [3.8, 4) is 0 Å².